The monoisotopic (exact) mass is 310 g/mol. The average Bonchev–Trinajstić information content (AvgIpc) is 2.92. The van der Waals surface area contributed by atoms with E-state index in [1.54, 1.807) is 19.9 Å². The van der Waals surface area contributed by atoms with Gasteiger partial charge in [0, 0.05) is 17.8 Å². The van der Waals surface area contributed by atoms with Crippen molar-refractivity contribution in [3.63, 3.8) is 0 Å². The molecule has 2 aromatic heterocycles. The number of aryl methyl sites for hydroxylation is 1. The van der Waals surface area contributed by atoms with Crippen LogP contribution < -0.4 is 0 Å². The Hall–Kier alpha value is -1.92. The van der Waals surface area contributed by atoms with Gasteiger partial charge in [0.25, 0.3) is 0 Å². The lowest BCUT2D eigenvalue weighted by molar-refractivity contribution is 0.0509. The highest BCUT2D eigenvalue weighted by Gasteiger charge is 2.32. The molecule has 0 fully saturated rings. The molecule has 0 aliphatic heterocycles. The van der Waals surface area contributed by atoms with E-state index >= 15 is 0 Å². The number of hydrogen-bond donors (Lipinski definition) is 1. The van der Waals surface area contributed by atoms with Gasteiger partial charge in [-0.25, -0.2) is 9.78 Å². The number of hydrogen-bond acceptors (Lipinski definition) is 6. The van der Waals surface area contributed by atoms with Crippen LogP contribution in [0, 0.1) is 6.92 Å². The van der Waals surface area contributed by atoms with Crippen molar-refractivity contribution in [2.45, 2.75) is 26.4 Å². The molecule has 1 N–H and O–H groups in total. The maximum Gasteiger partial charge on any atom is 0.360 e. The van der Waals surface area contributed by atoms with E-state index in [9.17, 15) is 9.90 Å². The zero-order chi connectivity index (χ0) is 15.6. The van der Waals surface area contributed by atoms with Crippen LogP contribution in [0.5, 0.6) is 0 Å². The van der Waals surface area contributed by atoms with Crippen LogP contribution in [0.15, 0.2) is 22.9 Å². The Kier molecular flexibility index (Phi) is 4.29. The standard InChI is InChI=1S/C14H15ClN2O4/c1-4-20-13(18)10-6-11(21-17-10)14(3,19)9-5-8(2)12(15)16-7-9/h5-7,19H,4H2,1-3H3/t14-/m1/s1. The molecule has 6 nitrogen and oxygen atoms in total. The number of ether oxygens (including phenoxy) is 1. The second-order valence-corrected chi connectivity index (χ2v) is 5.06. The average molecular weight is 311 g/mol. The normalized spacial score (nSPS) is 13.8. The summed E-state index contributed by atoms with van der Waals surface area (Å²) >= 11 is 5.87. The van der Waals surface area contributed by atoms with Crippen LogP contribution in [0.1, 0.15) is 41.2 Å². The zero-order valence-electron chi connectivity index (χ0n) is 11.9. The SMILES string of the molecule is CCOC(=O)c1cc([C@](C)(O)c2cnc(Cl)c(C)c2)on1. The fraction of sp³-hybridized carbons (Fsp3) is 0.357. The Morgan fingerprint density at radius 1 is 1.52 bits per heavy atom. The molecule has 0 spiro atoms. The van der Waals surface area contributed by atoms with Crippen LogP contribution >= 0.6 is 11.6 Å². The number of nitrogens with zero attached hydrogens (tertiary/aromatic N) is 2. The fourth-order valence-corrected chi connectivity index (χ4v) is 1.88. The fourth-order valence-electron chi connectivity index (χ4n) is 1.77. The molecular weight excluding hydrogens is 296 g/mol. The van der Waals surface area contributed by atoms with Crippen LogP contribution in [0.25, 0.3) is 0 Å². The van der Waals surface area contributed by atoms with Crippen molar-refractivity contribution < 1.29 is 19.2 Å². The molecule has 2 heterocycles. The van der Waals surface area contributed by atoms with Gasteiger partial charge in [0.1, 0.15) is 10.8 Å². The highest BCUT2D eigenvalue weighted by molar-refractivity contribution is 6.30. The van der Waals surface area contributed by atoms with Gasteiger partial charge in [0.05, 0.1) is 6.61 Å². The summed E-state index contributed by atoms with van der Waals surface area (Å²) in [5.41, 5.74) is -0.276. The predicted molar refractivity (Wildman–Crippen MR) is 75.1 cm³/mol. The minimum absolute atomic E-state index is 0.00534. The van der Waals surface area contributed by atoms with Gasteiger partial charge in [0.15, 0.2) is 11.5 Å². The topological polar surface area (TPSA) is 85.5 Å². The summed E-state index contributed by atoms with van der Waals surface area (Å²) in [5, 5.41) is 14.6. The van der Waals surface area contributed by atoms with E-state index in [-0.39, 0.29) is 18.1 Å². The van der Waals surface area contributed by atoms with Gasteiger partial charge < -0.3 is 14.4 Å². The maximum absolute atomic E-state index is 11.6. The zero-order valence-corrected chi connectivity index (χ0v) is 12.6. The van der Waals surface area contributed by atoms with Crippen molar-refractivity contribution in [2.24, 2.45) is 0 Å². The third-order valence-corrected chi connectivity index (χ3v) is 3.45. The van der Waals surface area contributed by atoms with E-state index in [1.807, 2.05) is 0 Å². The van der Waals surface area contributed by atoms with Gasteiger partial charge in [-0.2, -0.15) is 0 Å². The van der Waals surface area contributed by atoms with Gasteiger partial charge in [-0.3, -0.25) is 0 Å². The van der Waals surface area contributed by atoms with E-state index in [0.29, 0.717) is 10.7 Å². The summed E-state index contributed by atoms with van der Waals surface area (Å²) in [6.07, 6.45) is 1.45. The quantitative estimate of drug-likeness (QED) is 0.689. The molecule has 112 valence electrons. The third kappa shape index (κ3) is 3.06. The third-order valence-electron chi connectivity index (χ3n) is 3.05. The Morgan fingerprint density at radius 3 is 2.86 bits per heavy atom. The highest BCUT2D eigenvalue weighted by atomic mass is 35.5. The molecule has 0 bridgehead atoms. The number of aliphatic hydroxyl groups is 1. The second kappa shape index (κ2) is 5.83. The Labute approximate surface area is 126 Å². The molecular formula is C14H15ClN2O4. The Balaban J connectivity index is 2.35. The van der Waals surface area contributed by atoms with Crippen molar-refractivity contribution in [3.8, 4) is 0 Å². The van der Waals surface area contributed by atoms with E-state index in [0.717, 1.165) is 5.56 Å². The van der Waals surface area contributed by atoms with Gasteiger partial charge in [-0.15, -0.1) is 0 Å². The lowest BCUT2D eigenvalue weighted by Gasteiger charge is -2.20. The molecule has 0 unspecified atom stereocenters. The smallest absolute Gasteiger partial charge is 0.360 e. The first kappa shape index (κ1) is 15.5. The van der Waals surface area contributed by atoms with Crippen LogP contribution in [0.2, 0.25) is 5.15 Å². The van der Waals surface area contributed by atoms with E-state index in [4.69, 9.17) is 20.9 Å². The molecule has 0 aliphatic carbocycles. The number of esters is 1. The van der Waals surface area contributed by atoms with Gasteiger partial charge >= 0.3 is 5.97 Å². The highest BCUT2D eigenvalue weighted by Crippen LogP contribution is 2.30. The van der Waals surface area contributed by atoms with Crippen molar-refractivity contribution in [1.82, 2.24) is 10.1 Å². The number of pyridine rings is 1. The van der Waals surface area contributed by atoms with Crippen LogP contribution in [-0.4, -0.2) is 27.8 Å². The lowest BCUT2D eigenvalue weighted by atomic mass is 9.94. The summed E-state index contributed by atoms with van der Waals surface area (Å²) in [5.74, 6) is -0.484. The molecule has 0 aromatic carbocycles. The predicted octanol–water partition coefficient (Wildman–Crippen LogP) is 2.46. The minimum Gasteiger partial charge on any atom is -0.461 e. The molecule has 0 radical (unpaired) electrons. The molecule has 7 heteroatoms. The number of carbonyl (C=O) groups excluding carboxylic acids is 1. The minimum atomic E-state index is -1.49. The number of halogens is 1. The van der Waals surface area contributed by atoms with Gasteiger partial charge in [-0.05, 0) is 32.4 Å². The molecule has 1 atom stereocenters. The van der Waals surface area contributed by atoms with E-state index in [2.05, 4.69) is 10.1 Å². The number of carbonyl (C=O) groups is 1. The first-order valence-corrected chi connectivity index (χ1v) is 6.73. The molecule has 0 saturated heterocycles. The molecule has 0 amide bonds. The number of rotatable bonds is 4. The first-order valence-electron chi connectivity index (χ1n) is 6.35. The van der Waals surface area contributed by atoms with Crippen LogP contribution in [-0.2, 0) is 10.3 Å². The Morgan fingerprint density at radius 2 is 2.24 bits per heavy atom. The van der Waals surface area contributed by atoms with Crippen molar-refractivity contribution >= 4 is 17.6 Å². The summed E-state index contributed by atoms with van der Waals surface area (Å²) < 4.78 is 9.88. The molecule has 21 heavy (non-hydrogen) atoms. The molecule has 0 aliphatic rings. The van der Waals surface area contributed by atoms with Crippen molar-refractivity contribution in [2.75, 3.05) is 6.61 Å². The van der Waals surface area contributed by atoms with Crippen molar-refractivity contribution in [1.29, 1.82) is 0 Å². The van der Waals surface area contributed by atoms with Gasteiger partial charge in [0.2, 0.25) is 0 Å². The lowest BCUT2D eigenvalue weighted by Crippen LogP contribution is -2.22. The largest absolute Gasteiger partial charge is 0.461 e. The second-order valence-electron chi connectivity index (χ2n) is 4.70. The maximum atomic E-state index is 11.6. The molecule has 2 rings (SSSR count). The van der Waals surface area contributed by atoms with Crippen LogP contribution in [0.3, 0.4) is 0 Å². The first-order chi connectivity index (χ1) is 9.86. The van der Waals surface area contributed by atoms with E-state index < -0.39 is 11.6 Å². The summed E-state index contributed by atoms with van der Waals surface area (Å²) in [7, 11) is 0. The van der Waals surface area contributed by atoms with E-state index in [1.165, 1.54) is 19.2 Å². The molecule has 2 aromatic rings. The summed E-state index contributed by atoms with van der Waals surface area (Å²) in [4.78, 5) is 15.6. The van der Waals surface area contributed by atoms with Gasteiger partial charge in [-0.1, -0.05) is 16.8 Å². The summed E-state index contributed by atoms with van der Waals surface area (Å²) in [6.45, 7) is 5.22. The Bertz CT molecular complexity index is 667. The van der Waals surface area contributed by atoms with Crippen molar-refractivity contribution in [3.05, 3.63) is 46.1 Å². The number of aromatic nitrogens is 2. The van der Waals surface area contributed by atoms with Crippen LogP contribution in [0.4, 0.5) is 0 Å². The summed E-state index contributed by atoms with van der Waals surface area (Å²) in [6, 6.07) is 3.05. The molecule has 0 saturated carbocycles.